The highest BCUT2D eigenvalue weighted by atomic mass is 16.6. The van der Waals surface area contributed by atoms with Gasteiger partial charge in [-0.3, -0.25) is 0 Å². The Labute approximate surface area is 72.2 Å². The summed E-state index contributed by atoms with van der Waals surface area (Å²) in [6.45, 7) is 5.34. The van der Waals surface area contributed by atoms with Gasteiger partial charge in [0.05, 0.1) is 13.2 Å². The summed E-state index contributed by atoms with van der Waals surface area (Å²) < 4.78 is 10.1. The molecule has 4 heteroatoms. The molecule has 0 bridgehead atoms. The number of hydrogen-bond donors (Lipinski definition) is 1. The van der Waals surface area contributed by atoms with Crippen LogP contribution in [0.15, 0.2) is 0 Å². The van der Waals surface area contributed by atoms with Crippen LogP contribution in [0.4, 0.5) is 0 Å². The molecule has 0 aromatic carbocycles. The Morgan fingerprint density at radius 1 is 1.75 bits per heavy atom. The Morgan fingerprint density at radius 2 is 2.50 bits per heavy atom. The summed E-state index contributed by atoms with van der Waals surface area (Å²) in [7, 11) is 0. The molecule has 0 amide bonds. The monoisotopic (exact) mass is 173 g/mol. The molecule has 0 aromatic rings. The summed E-state index contributed by atoms with van der Waals surface area (Å²) in [5.41, 5.74) is 0. The molecule has 1 aliphatic heterocycles. The van der Waals surface area contributed by atoms with Crippen molar-refractivity contribution in [2.45, 2.75) is 26.0 Å². The van der Waals surface area contributed by atoms with Crippen LogP contribution in [0.2, 0.25) is 0 Å². The summed E-state index contributed by atoms with van der Waals surface area (Å²) in [6.07, 6.45) is -0.416. The smallest absolute Gasteiger partial charge is 0.336 e. The summed E-state index contributed by atoms with van der Waals surface area (Å²) in [4.78, 5) is 11.1. The molecule has 0 radical (unpaired) electrons. The first-order valence-electron chi connectivity index (χ1n) is 4.25. The van der Waals surface area contributed by atoms with Gasteiger partial charge < -0.3 is 14.8 Å². The van der Waals surface area contributed by atoms with Crippen LogP contribution in [0.5, 0.6) is 0 Å². The SMILES string of the molecule is CCOC(=O)C1CN[C@@H](C)CO1. The van der Waals surface area contributed by atoms with Crippen molar-refractivity contribution in [3.05, 3.63) is 0 Å². The van der Waals surface area contributed by atoms with Crippen molar-refractivity contribution in [2.75, 3.05) is 19.8 Å². The largest absolute Gasteiger partial charge is 0.464 e. The van der Waals surface area contributed by atoms with Crippen molar-refractivity contribution in [3.63, 3.8) is 0 Å². The molecule has 4 nitrogen and oxygen atoms in total. The second-order valence-electron chi connectivity index (χ2n) is 2.88. The van der Waals surface area contributed by atoms with Crippen LogP contribution in [0.25, 0.3) is 0 Å². The van der Waals surface area contributed by atoms with E-state index >= 15 is 0 Å². The third kappa shape index (κ3) is 2.46. The molecule has 1 aliphatic rings. The number of morpholine rings is 1. The van der Waals surface area contributed by atoms with Crippen molar-refractivity contribution < 1.29 is 14.3 Å². The lowest BCUT2D eigenvalue weighted by Crippen LogP contribution is -2.48. The predicted octanol–water partition coefficient (Wildman–Crippen LogP) is -0.0736. The number of hydrogen-bond acceptors (Lipinski definition) is 4. The zero-order valence-corrected chi connectivity index (χ0v) is 7.50. The Hall–Kier alpha value is -0.610. The Kier molecular flexibility index (Phi) is 3.49. The van der Waals surface area contributed by atoms with Crippen LogP contribution >= 0.6 is 0 Å². The molecule has 12 heavy (non-hydrogen) atoms. The lowest BCUT2D eigenvalue weighted by Gasteiger charge is -2.26. The maximum absolute atomic E-state index is 11.1. The number of ether oxygens (including phenoxy) is 2. The van der Waals surface area contributed by atoms with Gasteiger partial charge in [-0.1, -0.05) is 0 Å². The molecule has 1 saturated heterocycles. The highest BCUT2D eigenvalue weighted by Gasteiger charge is 2.25. The van der Waals surface area contributed by atoms with Gasteiger partial charge in [-0.05, 0) is 13.8 Å². The van der Waals surface area contributed by atoms with Gasteiger partial charge in [0.15, 0.2) is 6.10 Å². The molecule has 1 rings (SSSR count). The van der Waals surface area contributed by atoms with Crippen molar-refractivity contribution in [2.24, 2.45) is 0 Å². The lowest BCUT2D eigenvalue weighted by atomic mass is 10.2. The van der Waals surface area contributed by atoms with Crippen LogP contribution in [0, 0.1) is 0 Å². The van der Waals surface area contributed by atoms with Gasteiger partial charge in [-0.25, -0.2) is 4.79 Å². The van der Waals surface area contributed by atoms with Crippen molar-refractivity contribution in [3.8, 4) is 0 Å². The highest BCUT2D eigenvalue weighted by Crippen LogP contribution is 2.02. The van der Waals surface area contributed by atoms with E-state index < -0.39 is 6.10 Å². The van der Waals surface area contributed by atoms with Crippen molar-refractivity contribution >= 4 is 5.97 Å². The summed E-state index contributed by atoms with van der Waals surface area (Å²) in [5, 5.41) is 3.15. The minimum atomic E-state index is -0.416. The first-order chi connectivity index (χ1) is 5.74. The van der Waals surface area contributed by atoms with Gasteiger partial charge >= 0.3 is 5.97 Å². The first-order valence-corrected chi connectivity index (χ1v) is 4.25. The molecule has 0 spiro atoms. The molecule has 1 heterocycles. The molecule has 0 aromatic heterocycles. The number of nitrogens with one attached hydrogen (secondary N) is 1. The minimum absolute atomic E-state index is 0.267. The molecular weight excluding hydrogens is 158 g/mol. The van der Waals surface area contributed by atoms with E-state index in [0.717, 1.165) is 0 Å². The van der Waals surface area contributed by atoms with Gasteiger partial charge in [0.25, 0.3) is 0 Å². The Morgan fingerprint density at radius 3 is 3.00 bits per heavy atom. The van der Waals surface area contributed by atoms with E-state index in [1.54, 1.807) is 6.92 Å². The maximum atomic E-state index is 11.1. The zero-order chi connectivity index (χ0) is 8.97. The molecular formula is C8H15NO3. The standard InChI is InChI=1S/C8H15NO3/c1-3-11-8(10)7-4-9-6(2)5-12-7/h6-7,9H,3-5H2,1-2H3/t6-,7?/m0/s1. The van der Waals surface area contributed by atoms with Gasteiger partial charge in [-0.2, -0.15) is 0 Å². The van der Waals surface area contributed by atoms with E-state index in [2.05, 4.69) is 5.32 Å². The van der Waals surface area contributed by atoms with E-state index in [1.165, 1.54) is 0 Å². The topological polar surface area (TPSA) is 47.6 Å². The van der Waals surface area contributed by atoms with Gasteiger partial charge in [0.1, 0.15) is 0 Å². The summed E-state index contributed by atoms with van der Waals surface area (Å²) >= 11 is 0. The Bertz CT molecular complexity index is 152. The highest BCUT2D eigenvalue weighted by molar-refractivity contribution is 5.75. The second kappa shape index (κ2) is 4.42. The van der Waals surface area contributed by atoms with Crippen LogP contribution in [-0.2, 0) is 14.3 Å². The number of carbonyl (C=O) groups is 1. The fourth-order valence-electron chi connectivity index (χ4n) is 1.07. The molecule has 1 fully saturated rings. The van der Waals surface area contributed by atoms with E-state index in [-0.39, 0.29) is 5.97 Å². The van der Waals surface area contributed by atoms with E-state index in [1.807, 2.05) is 6.92 Å². The van der Waals surface area contributed by atoms with Gasteiger partial charge in [0.2, 0.25) is 0 Å². The fraction of sp³-hybridized carbons (Fsp3) is 0.875. The zero-order valence-electron chi connectivity index (χ0n) is 7.50. The average molecular weight is 173 g/mol. The summed E-state index contributed by atoms with van der Waals surface area (Å²) in [5.74, 6) is -0.267. The van der Waals surface area contributed by atoms with Gasteiger partial charge in [0, 0.05) is 12.6 Å². The fourth-order valence-corrected chi connectivity index (χ4v) is 1.07. The predicted molar refractivity (Wildman–Crippen MR) is 43.8 cm³/mol. The molecule has 2 atom stereocenters. The minimum Gasteiger partial charge on any atom is -0.464 e. The molecule has 1 unspecified atom stereocenters. The second-order valence-corrected chi connectivity index (χ2v) is 2.88. The third-order valence-electron chi connectivity index (χ3n) is 1.75. The molecule has 1 N–H and O–H groups in total. The third-order valence-corrected chi connectivity index (χ3v) is 1.75. The van der Waals surface area contributed by atoms with E-state index in [0.29, 0.717) is 25.8 Å². The maximum Gasteiger partial charge on any atom is 0.336 e. The number of rotatable bonds is 2. The number of carbonyl (C=O) groups excluding carboxylic acids is 1. The summed E-state index contributed by atoms with van der Waals surface area (Å²) in [6, 6.07) is 0.329. The van der Waals surface area contributed by atoms with Crippen LogP contribution in [0.1, 0.15) is 13.8 Å². The molecule has 70 valence electrons. The van der Waals surface area contributed by atoms with Crippen LogP contribution in [0.3, 0.4) is 0 Å². The van der Waals surface area contributed by atoms with Crippen molar-refractivity contribution in [1.82, 2.24) is 5.32 Å². The van der Waals surface area contributed by atoms with Crippen molar-refractivity contribution in [1.29, 1.82) is 0 Å². The van der Waals surface area contributed by atoms with Crippen LogP contribution in [-0.4, -0.2) is 37.9 Å². The first kappa shape index (κ1) is 9.48. The van der Waals surface area contributed by atoms with Crippen LogP contribution < -0.4 is 5.32 Å². The number of esters is 1. The normalized spacial score (nSPS) is 29.8. The van der Waals surface area contributed by atoms with E-state index in [9.17, 15) is 4.79 Å². The van der Waals surface area contributed by atoms with E-state index in [4.69, 9.17) is 9.47 Å². The quantitative estimate of drug-likeness (QED) is 0.594. The molecule has 0 saturated carbocycles. The lowest BCUT2D eigenvalue weighted by molar-refractivity contribution is -0.159. The Balaban J connectivity index is 2.29. The van der Waals surface area contributed by atoms with Gasteiger partial charge in [-0.15, -0.1) is 0 Å². The molecule has 0 aliphatic carbocycles. The average Bonchev–Trinajstić information content (AvgIpc) is 2.06.